The minimum atomic E-state index is -0.820. The predicted octanol–water partition coefficient (Wildman–Crippen LogP) is 0.856. The molecule has 1 aromatic heterocycles. The van der Waals surface area contributed by atoms with Crippen LogP contribution in [-0.2, 0) is 16.1 Å². The first-order valence-corrected chi connectivity index (χ1v) is 6.65. The van der Waals surface area contributed by atoms with Crippen LogP contribution in [-0.4, -0.2) is 28.1 Å². The molecule has 0 aromatic carbocycles. The van der Waals surface area contributed by atoms with Crippen molar-refractivity contribution in [1.29, 1.82) is 0 Å². The van der Waals surface area contributed by atoms with Crippen LogP contribution in [0, 0.1) is 5.92 Å². The van der Waals surface area contributed by atoms with Gasteiger partial charge in [0.25, 0.3) is 5.56 Å². The number of rotatable bonds is 8. The largest absolute Gasteiger partial charge is 0.481 e. The van der Waals surface area contributed by atoms with Gasteiger partial charge in [-0.05, 0) is 18.9 Å². The van der Waals surface area contributed by atoms with Gasteiger partial charge in [-0.3, -0.25) is 14.4 Å². The van der Waals surface area contributed by atoms with E-state index in [1.54, 1.807) is 25.3 Å². The highest BCUT2D eigenvalue weighted by Gasteiger charge is 2.10. The lowest BCUT2D eigenvalue weighted by Crippen LogP contribution is -2.28. The van der Waals surface area contributed by atoms with E-state index in [0.29, 0.717) is 25.9 Å². The highest BCUT2D eigenvalue weighted by molar-refractivity contribution is 5.75. The lowest BCUT2D eigenvalue weighted by atomic mass is 10.1. The second kappa shape index (κ2) is 8.14. The molecule has 6 heteroatoms. The molecule has 1 aromatic rings. The number of nitrogens with one attached hydrogen (secondary N) is 1. The number of carboxylic acid groups (broad SMARTS) is 1. The normalized spacial score (nSPS) is 11.8. The van der Waals surface area contributed by atoms with Gasteiger partial charge in [0, 0.05) is 31.8 Å². The van der Waals surface area contributed by atoms with Gasteiger partial charge in [-0.15, -0.1) is 0 Å². The molecule has 0 saturated carbocycles. The number of aliphatic carboxylic acids is 1. The fourth-order valence-corrected chi connectivity index (χ4v) is 1.72. The molecule has 1 amide bonds. The summed E-state index contributed by atoms with van der Waals surface area (Å²) in [6.07, 6.45) is 3.04. The SMILES string of the molecule is CC(CCCNC(=O)CCn1ccccc1=O)C(=O)O. The number of carbonyl (C=O) groups is 2. The number of amides is 1. The maximum absolute atomic E-state index is 11.6. The molecule has 6 nitrogen and oxygen atoms in total. The Hall–Kier alpha value is -2.11. The molecule has 1 rings (SSSR count). The summed E-state index contributed by atoms with van der Waals surface area (Å²) in [4.78, 5) is 33.6. The van der Waals surface area contributed by atoms with E-state index in [1.165, 1.54) is 10.6 Å². The first kappa shape index (κ1) is 15.9. The quantitative estimate of drug-likeness (QED) is 0.691. The molecule has 0 aliphatic carbocycles. The van der Waals surface area contributed by atoms with Gasteiger partial charge in [-0.2, -0.15) is 0 Å². The zero-order valence-corrected chi connectivity index (χ0v) is 11.5. The lowest BCUT2D eigenvalue weighted by molar-refractivity contribution is -0.141. The first-order chi connectivity index (χ1) is 9.50. The fourth-order valence-electron chi connectivity index (χ4n) is 1.72. The number of nitrogens with zero attached hydrogens (tertiary/aromatic N) is 1. The molecule has 0 bridgehead atoms. The van der Waals surface area contributed by atoms with E-state index in [2.05, 4.69) is 5.32 Å². The van der Waals surface area contributed by atoms with E-state index in [4.69, 9.17) is 5.11 Å². The van der Waals surface area contributed by atoms with Gasteiger partial charge >= 0.3 is 5.97 Å². The fraction of sp³-hybridized carbons (Fsp3) is 0.500. The van der Waals surface area contributed by atoms with Crippen molar-refractivity contribution in [3.8, 4) is 0 Å². The zero-order chi connectivity index (χ0) is 15.0. The van der Waals surface area contributed by atoms with Gasteiger partial charge in [0.15, 0.2) is 0 Å². The van der Waals surface area contributed by atoms with Gasteiger partial charge < -0.3 is 15.0 Å². The van der Waals surface area contributed by atoms with Crippen molar-refractivity contribution in [1.82, 2.24) is 9.88 Å². The van der Waals surface area contributed by atoms with Crippen LogP contribution in [0.25, 0.3) is 0 Å². The second-order valence-electron chi connectivity index (χ2n) is 4.71. The molecule has 1 atom stereocenters. The van der Waals surface area contributed by atoms with Crippen molar-refractivity contribution in [2.75, 3.05) is 6.54 Å². The molecular weight excluding hydrogens is 260 g/mol. The smallest absolute Gasteiger partial charge is 0.306 e. The highest BCUT2D eigenvalue weighted by atomic mass is 16.4. The number of hydrogen-bond acceptors (Lipinski definition) is 3. The summed E-state index contributed by atoms with van der Waals surface area (Å²) >= 11 is 0. The summed E-state index contributed by atoms with van der Waals surface area (Å²) in [6, 6.07) is 4.85. The Bertz CT molecular complexity index is 510. The number of aryl methyl sites for hydroxylation is 1. The number of carboxylic acids is 1. The van der Waals surface area contributed by atoms with E-state index in [-0.39, 0.29) is 17.9 Å². The molecule has 0 radical (unpaired) electrons. The molecule has 1 unspecified atom stereocenters. The summed E-state index contributed by atoms with van der Waals surface area (Å²) in [5.74, 6) is -1.35. The van der Waals surface area contributed by atoms with Gasteiger partial charge in [0.05, 0.1) is 5.92 Å². The van der Waals surface area contributed by atoms with Crippen LogP contribution in [0.4, 0.5) is 0 Å². The van der Waals surface area contributed by atoms with Crippen LogP contribution in [0.1, 0.15) is 26.2 Å². The monoisotopic (exact) mass is 280 g/mol. The topological polar surface area (TPSA) is 88.4 Å². The third-order valence-electron chi connectivity index (χ3n) is 3.04. The van der Waals surface area contributed by atoms with Crippen LogP contribution in [0.2, 0.25) is 0 Å². The Morgan fingerprint density at radius 1 is 1.40 bits per heavy atom. The summed E-state index contributed by atoms with van der Waals surface area (Å²) in [5.41, 5.74) is -0.129. The Labute approximate surface area is 117 Å². The highest BCUT2D eigenvalue weighted by Crippen LogP contribution is 2.04. The van der Waals surface area contributed by atoms with E-state index in [0.717, 1.165) is 0 Å². The summed E-state index contributed by atoms with van der Waals surface area (Å²) in [7, 11) is 0. The second-order valence-corrected chi connectivity index (χ2v) is 4.71. The molecule has 2 N–H and O–H groups in total. The average molecular weight is 280 g/mol. The standard InChI is InChI=1S/C14H20N2O4/c1-11(14(19)20)5-4-8-15-12(17)7-10-16-9-3-2-6-13(16)18/h2-3,6,9,11H,4-5,7-8,10H2,1H3,(H,15,17)(H,19,20). The van der Waals surface area contributed by atoms with E-state index in [9.17, 15) is 14.4 Å². The van der Waals surface area contributed by atoms with E-state index in [1.807, 2.05) is 0 Å². The zero-order valence-electron chi connectivity index (χ0n) is 11.5. The van der Waals surface area contributed by atoms with Crippen LogP contribution < -0.4 is 10.9 Å². The number of pyridine rings is 1. The Kier molecular flexibility index (Phi) is 6.49. The molecule has 1 heterocycles. The van der Waals surface area contributed by atoms with Crippen molar-refractivity contribution < 1.29 is 14.7 Å². The molecule has 110 valence electrons. The molecule has 0 aliphatic rings. The van der Waals surface area contributed by atoms with Gasteiger partial charge in [-0.25, -0.2) is 0 Å². The summed E-state index contributed by atoms with van der Waals surface area (Å²) in [6.45, 7) is 2.45. The molecule has 0 saturated heterocycles. The molecule has 20 heavy (non-hydrogen) atoms. The maximum Gasteiger partial charge on any atom is 0.306 e. The van der Waals surface area contributed by atoms with Crippen molar-refractivity contribution in [2.45, 2.75) is 32.7 Å². The van der Waals surface area contributed by atoms with Crippen LogP contribution in [0.3, 0.4) is 0 Å². The van der Waals surface area contributed by atoms with Crippen molar-refractivity contribution in [3.63, 3.8) is 0 Å². The van der Waals surface area contributed by atoms with Crippen LogP contribution in [0.15, 0.2) is 29.2 Å². The predicted molar refractivity (Wildman–Crippen MR) is 74.4 cm³/mol. The number of hydrogen-bond donors (Lipinski definition) is 2. The maximum atomic E-state index is 11.6. The Balaban J connectivity index is 2.20. The summed E-state index contributed by atoms with van der Waals surface area (Å²) < 4.78 is 1.48. The van der Waals surface area contributed by atoms with E-state index >= 15 is 0 Å². The first-order valence-electron chi connectivity index (χ1n) is 6.65. The van der Waals surface area contributed by atoms with Crippen LogP contribution in [0.5, 0.6) is 0 Å². The molecule has 0 spiro atoms. The number of carbonyl (C=O) groups excluding carboxylic acids is 1. The van der Waals surface area contributed by atoms with Gasteiger partial charge in [-0.1, -0.05) is 13.0 Å². The minimum absolute atomic E-state index is 0.129. The Morgan fingerprint density at radius 3 is 2.80 bits per heavy atom. The third kappa shape index (κ3) is 5.69. The van der Waals surface area contributed by atoms with Crippen molar-refractivity contribution >= 4 is 11.9 Å². The minimum Gasteiger partial charge on any atom is -0.481 e. The molecule has 0 fully saturated rings. The van der Waals surface area contributed by atoms with Crippen molar-refractivity contribution in [2.24, 2.45) is 5.92 Å². The summed E-state index contributed by atoms with van der Waals surface area (Å²) in [5, 5.41) is 11.4. The van der Waals surface area contributed by atoms with E-state index < -0.39 is 11.9 Å². The molecular formula is C14H20N2O4. The lowest BCUT2D eigenvalue weighted by Gasteiger charge is -2.08. The Morgan fingerprint density at radius 2 is 2.15 bits per heavy atom. The van der Waals surface area contributed by atoms with Gasteiger partial charge in [0.2, 0.25) is 5.91 Å². The van der Waals surface area contributed by atoms with Crippen molar-refractivity contribution in [3.05, 3.63) is 34.7 Å². The number of aromatic nitrogens is 1. The van der Waals surface area contributed by atoms with Crippen LogP contribution >= 0.6 is 0 Å². The third-order valence-corrected chi connectivity index (χ3v) is 3.04. The van der Waals surface area contributed by atoms with Gasteiger partial charge in [0.1, 0.15) is 0 Å². The average Bonchev–Trinajstić information content (AvgIpc) is 2.42. The molecule has 0 aliphatic heterocycles.